The summed E-state index contributed by atoms with van der Waals surface area (Å²) in [7, 11) is 0. The first-order valence-electron chi connectivity index (χ1n) is 6.94. The van der Waals surface area contributed by atoms with E-state index in [1.807, 2.05) is 24.0 Å². The van der Waals surface area contributed by atoms with Gasteiger partial charge in [-0.15, -0.1) is 0 Å². The van der Waals surface area contributed by atoms with Crippen LogP contribution >= 0.6 is 0 Å². The summed E-state index contributed by atoms with van der Waals surface area (Å²) in [5.74, 6) is -0.727. The predicted molar refractivity (Wildman–Crippen MR) is 74.3 cm³/mol. The van der Waals surface area contributed by atoms with E-state index in [1.54, 1.807) is 6.92 Å². The van der Waals surface area contributed by atoms with E-state index in [0.29, 0.717) is 6.42 Å². The van der Waals surface area contributed by atoms with E-state index >= 15 is 0 Å². The van der Waals surface area contributed by atoms with Gasteiger partial charge in [0, 0.05) is 25.6 Å². The topological polar surface area (TPSA) is 70.5 Å². The molecule has 1 N–H and O–H groups in total. The molecule has 1 saturated heterocycles. The Kier molecular flexibility index (Phi) is 4.37. The quantitative estimate of drug-likeness (QED) is 0.914. The largest absolute Gasteiger partial charge is 0.481 e. The van der Waals surface area contributed by atoms with Gasteiger partial charge in [-0.1, -0.05) is 0 Å². The molecule has 1 aromatic rings. The van der Waals surface area contributed by atoms with Gasteiger partial charge < -0.3 is 10.0 Å². The summed E-state index contributed by atoms with van der Waals surface area (Å²) in [5, 5.41) is 8.77. The van der Waals surface area contributed by atoms with E-state index in [9.17, 15) is 9.59 Å². The third kappa shape index (κ3) is 3.35. The summed E-state index contributed by atoms with van der Waals surface area (Å²) in [6.07, 6.45) is 2.53. The van der Waals surface area contributed by atoms with Crippen molar-refractivity contribution in [1.82, 2.24) is 9.88 Å². The molecule has 0 unspecified atom stereocenters. The number of hydrogen-bond donors (Lipinski definition) is 1. The first-order valence-corrected chi connectivity index (χ1v) is 6.94. The number of aryl methyl sites for hydroxylation is 2. The van der Waals surface area contributed by atoms with Crippen LogP contribution in [-0.4, -0.2) is 33.4 Å². The molecule has 1 aliphatic rings. The zero-order valence-electron chi connectivity index (χ0n) is 11.9. The standard InChI is InChI=1S/C15H20N2O3/c1-10-8-12(5-6-15(19)20)9-13(16-10)14-4-3-7-17(14)11(2)18/h8-9,14H,3-7H2,1-2H3,(H,19,20)/t14-/m1/s1. The minimum absolute atomic E-state index is 0.0379. The lowest BCUT2D eigenvalue weighted by Crippen LogP contribution is -2.28. The van der Waals surface area contributed by atoms with Crippen molar-refractivity contribution in [3.05, 3.63) is 29.1 Å². The van der Waals surface area contributed by atoms with Crippen LogP contribution in [0.15, 0.2) is 12.1 Å². The molecule has 1 amide bonds. The fourth-order valence-electron chi connectivity index (χ4n) is 2.79. The van der Waals surface area contributed by atoms with Crippen LogP contribution in [-0.2, 0) is 16.0 Å². The fraction of sp³-hybridized carbons (Fsp3) is 0.533. The van der Waals surface area contributed by atoms with Gasteiger partial charge in [0.05, 0.1) is 11.7 Å². The van der Waals surface area contributed by atoms with Crippen LogP contribution in [0.2, 0.25) is 0 Å². The summed E-state index contributed by atoms with van der Waals surface area (Å²) in [6, 6.07) is 3.90. The van der Waals surface area contributed by atoms with Crippen LogP contribution in [0.1, 0.15) is 49.2 Å². The number of nitrogens with zero attached hydrogens (tertiary/aromatic N) is 2. The molecule has 0 aliphatic carbocycles. The lowest BCUT2D eigenvalue weighted by Gasteiger charge is -2.23. The van der Waals surface area contributed by atoms with Gasteiger partial charge in [0.1, 0.15) is 0 Å². The average molecular weight is 276 g/mol. The number of amides is 1. The fourth-order valence-corrected chi connectivity index (χ4v) is 2.79. The van der Waals surface area contributed by atoms with Crippen LogP contribution in [0.4, 0.5) is 0 Å². The highest BCUT2D eigenvalue weighted by Gasteiger charge is 2.29. The molecule has 0 saturated carbocycles. The minimum Gasteiger partial charge on any atom is -0.481 e. The Morgan fingerprint density at radius 2 is 2.20 bits per heavy atom. The highest BCUT2D eigenvalue weighted by atomic mass is 16.4. The number of carbonyl (C=O) groups excluding carboxylic acids is 1. The van der Waals surface area contributed by atoms with Crippen molar-refractivity contribution in [2.24, 2.45) is 0 Å². The Labute approximate surface area is 118 Å². The van der Waals surface area contributed by atoms with Crippen molar-refractivity contribution >= 4 is 11.9 Å². The highest BCUT2D eigenvalue weighted by molar-refractivity contribution is 5.74. The Balaban J connectivity index is 2.23. The highest BCUT2D eigenvalue weighted by Crippen LogP contribution is 2.31. The molecular weight excluding hydrogens is 256 g/mol. The van der Waals surface area contributed by atoms with E-state index in [2.05, 4.69) is 4.98 Å². The summed E-state index contributed by atoms with van der Waals surface area (Å²) >= 11 is 0. The molecule has 1 aliphatic heterocycles. The number of pyridine rings is 1. The molecule has 1 aromatic heterocycles. The van der Waals surface area contributed by atoms with Crippen LogP contribution < -0.4 is 0 Å². The average Bonchev–Trinajstić information content (AvgIpc) is 2.85. The first kappa shape index (κ1) is 14.5. The maximum absolute atomic E-state index is 11.6. The van der Waals surface area contributed by atoms with E-state index in [4.69, 9.17) is 5.11 Å². The molecule has 108 valence electrons. The molecule has 2 rings (SSSR count). The second kappa shape index (κ2) is 6.03. The number of aromatic nitrogens is 1. The third-order valence-electron chi connectivity index (χ3n) is 3.66. The predicted octanol–water partition coefficient (Wildman–Crippen LogP) is 2.09. The molecule has 1 fully saturated rings. The monoisotopic (exact) mass is 276 g/mol. The van der Waals surface area contributed by atoms with Gasteiger partial charge in [0.2, 0.25) is 5.91 Å². The number of carboxylic acid groups (broad SMARTS) is 1. The van der Waals surface area contributed by atoms with Crippen LogP contribution in [0.25, 0.3) is 0 Å². The van der Waals surface area contributed by atoms with E-state index in [1.165, 1.54) is 0 Å². The second-order valence-electron chi connectivity index (χ2n) is 5.31. The smallest absolute Gasteiger partial charge is 0.303 e. The summed E-state index contributed by atoms with van der Waals surface area (Å²) in [4.78, 5) is 28.7. The number of rotatable bonds is 4. The van der Waals surface area contributed by atoms with Gasteiger partial charge >= 0.3 is 5.97 Å². The summed E-state index contributed by atoms with van der Waals surface area (Å²) in [5.41, 5.74) is 2.74. The van der Waals surface area contributed by atoms with Gasteiger partial charge in [-0.3, -0.25) is 14.6 Å². The summed E-state index contributed by atoms with van der Waals surface area (Å²) in [6.45, 7) is 4.26. The summed E-state index contributed by atoms with van der Waals surface area (Å²) < 4.78 is 0. The van der Waals surface area contributed by atoms with E-state index in [-0.39, 0.29) is 18.4 Å². The molecule has 5 nitrogen and oxygen atoms in total. The number of hydrogen-bond acceptors (Lipinski definition) is 3. The van der Waals surface area contributed by atoms with Gasteiger partial charge in [0.25, 0.3) is 0 Å². The van der Waals surface area contributed by atoms with Gasteiger partial charge in [-0.25, -0.2) is 0 Å². The maximum atomic E-state index is 11.6. The molecule has 0 spiro atoms. The molecule has 0 bridgehead atoms. The maximum Gasteiger partial charge on any atom is 0.303 e. The Morgan fingerprint density at radius 1 is 1.45 bits per heavy atom. The number of aliphatic carboxylic acids is 1. The second-order valence-corrected chi connectivity index (χ2v) is 5.31. The molecule has 2 heterocycles. The Bertz CT molecular complexity index is 528. The van der Waals surface area contributed by atoms with E-state index < -0.39 is 5.97 Å². The molecule has 1 atom stereocenters. The zero-order chi connectivity index (χ0) is 14.7. The van der Waals surface area contributed by atoms with E-state index in [0.717, 1.165) is 36.3 Å². The van der Waals surface area contributed by atoms with Crippen molar-refractivity contribution in [1.29, 1.82) is 0 Å². The lowest BCUT2D eigenvalue weighted by atomic mass is 10.0. The van der Waals surface area contributed by atoms with Crippen LogP contribution in [0, 0.1) is 6.92 Å². The molecule has 0 aromatic carbocycles. The van der Waals surface area contributed by atoms with Crippen molar-refractivity contribution in [3.63, 3.8) is 0 Å². The van der Waals surface area contributed by atoms with Crippen molar-refractivity contribution in [3.8, 4) is 0 Å². The van der Waals surface area contributed by atoms with Crippen molar-refractivity contribution in [2.75, 3.05) is 6.54 Å². The number of likely N-dealkylation sites (tertiary alicyclic amines) is 1. The lowest BCUT2D eigenvalue weighted by molar-refractivity contribution is -0.137. The number of carbonyl (C=O) groups is 2. The van der Waals surface area contributed by atoms with Crippen LogP contribution in [0.5, 0.6) is 0 Å². The van der Waals surface area contributed by atoms with Crippen molar-refractivity contribution < 1.29 is 14.7 Å². The molecule has 20 heavy (non-hydrogen) atoms. The number of carboxylic acids is 1. The Hall–Kier alpha value is -1.91. The van der Waals surface area contributed by atoms with Gasteiger partial charge in [0.15, 0.2) is 0 Å². The third-order valence-corrected chi connectivity index (χ3v) is 3.66. The molecule has 5 heteroatoms. The Morgan fingerprint density at radius 3 is 2.85 bits per heavy atom. The normalized spacial score (nSPS) is 18.3. The minimum atomic E-state index is -0.799. The zero-order valence-corrected chi connectivity index (χ0v) is 11.9. The first-order chi connectivity index (χ1) is 9.47. The molecule has 0 radical (unpaired) electrons. The van der Waals surface area contributed by atoms with Gasteiger partial charge in [-0.05, 0) is 43.9 Å². The van der Waals surface area contributed by atoms with Gasteiger partial charge in [-0.2, -0.15) is 0 Å². The van der Waals surface area contributed by atoms with Crippen molar-refractivity contribution in [2.45, 2.75) is 45.6 Å². The molecular formula is C15H20N2O3. The SMILES string of the molecule is CC(=O)N1CCC[C@@H]1c1cc(CCC(=O)O)cc(C)n1. The van der Waals surface area contributed by atoms with Crippen LogP contribution in [0.3, 0.4) is 0 Å².